The minimum Gasteiger partial charge on any atom is -0.396 e. The topological polar surface area (TPSA) is 59.8 Å². The highest BCUT2D eigenvalue weighted by Crippen LogP contribution is 2.23. The molecule has 0 unspecified atom stereocenters. The van der Waals surface area contributed by atoms with Crippen LogP contribution in [-0.4, -0.2) is 71.4 Å². The van der Waals surface area contributed by atoms with Gasteiger partial charge in [0.1, 0.15) is 0 Å². The Morgan fingerprint density at radius 3 is 2.29 bits per heavy atom. The Balaban J connectivity index is 0.000000219. The van der Waals surface area contributed by atoms with Gasteiger partial charge in [0.05, 0.1) is 17.3 Å². The minimum absolute atomic E-state index is 0.0599. The fourth-order valence-corrected chi connectivity index (χ4v) is 4.32. The summed E-state index contributed by atoms with van der Waals surface area (Å²) in [5.41, 5.74) is 0.771. The number of aryl methyl sites for hydroxylation is 1. The Morgan fingerprint density at radius 2 is 1.79 bits per heavy atom. The molecule has 138 valence electrons. The van der Waals surface area contributed by atoms with Crippen molar-refractivity contribution in [3.63, 3.8) is 0 Å². The van der Waals surface area contributed by atoms with Crippen LogP contribution in [0, 0.1) is 18.8 Å². The highest BCUT2D eigenvalue weighted by Gasteiger charge is 2.31. The standard InChI is InChI=1S/C13H26N2O.C5H7NOS/c1-14-8-12(13(9-14)11-16)10-15-6-4-2-3-5-7-15;1-4-6-5(2-7)3-8-4/h12-13,16H,2-11H2,1H3;3,7H,2H2,1H3/t12-,13+;/m0./s1. The average molecular weight is 356 g/mol. The predicted molar refractivity (Wildman–Crippen MR) is 99.2 cm³/mol. The van der Waals surface area contributed by atoms with E-state index in [0.717, 1.165) is 17.2 Å². The van der Waals surface area contributed by atoms with E-state index in [0.29, 0.717) is 18.4 Å². The van der Waals surface area contributed by atoms with Crippen LogP contribution in [0.15, 0.2) is 5.38 Å². The van der Waals surface area contributed by atoms with Crippen molar-refractivity contribution in [1.82, 2.24) is 14.8 Å². The predicted octanol–water partition coefficient (Wildman–Crippen LogP) is 1.98. The van der Waals surface area contributed by atoms with E-state index in [4.69, 9.17) is 5.11 Å². The van der Waals surface area contributed by atoms with Crippen molar-refractivity contribution in [2.45, 2.75) is 39.2 Å². The third-order valence-electron chi connectivity index (χ3n) is 5.01. The maximum atomic E-state index is 9.39. The number of nitrogens with zero attached hydrogens (tertiary/aromatic N) is 3. The molecular weight excluding hydrogens is 322 g/mol. The van der Waals surface area contributed by atoms with Crippen LogP contribution in [-0.2, 0) is 6.61 Å². The van der Waals surface area contributed by atoms with E-state index in [2.05, 4.69) is 21.8 Å². The summed E-state index contributed by atoms with van der Waals surface area (Å²) in [4.78, 5) is 8.99. The van der Waals surface area contributed by atoms with Crippen molar-refractivity contribution >= 4 is 11.3 Å². The summed E-state index contributed by atoms with van der Waals surface area (Å²) in [6.07, 6.45) is 5.55. The maximum absolute atomic E-state index is 9.39. The first-order valence-corrected chi connectivity index (χ1v) is 10.0. The summed E-state index contributed by atoms with van der Waals surface area (Å²) < 4.78 is 0. The summed E-state index contributed by atoms with van der Waals surface area (Å²) in [6.45, 7) is 8.35. The first-order chi connectivity index (χ1) is 11.6. The molecule has 2 fully saturated rings. The first-order valence-electron chi connectivity index (χ1n) is 9.16. The van der Waals surface area contributed by atoms with Gasteiger partial charge in [-0.25, -0.2) is 4.98 Å². The zero-order valence-corrected chi connectivity index (χ0v) is 16.0. The lowest BCUT2D eigenvalue weighted by atomic mass is 9.96. The van der Waals surface area contributed by atoms with Crippen molar-refractivity contribution in [3.8, 4) is 0 Å². The van der Waals surface area contributed by atoms with Gasteiger partial charge in [0.2, 0.25) is 0 Å². The molecule has 2 N–H and O–H groups in total. The molecule has 2 aliphatic heterocycles. The third kappa shape index (κ3) is 6.41. The highest BCUT2D eigenvalue weighted by molar-refractivity contribution is 7.09. The zero-order chi connectivity index (χ0) is 17.4. The van der Waals surface area contributed by atoms with Gasteiger partial charge in [-0.1, -0.05) is 12.8 Å². The molecule has 1 aromatic heterocycles. The van der Waals surface area contributed by atoms with Crippen LogP contribution in [0.2, 0.25) is 0 Å². The van der Waals surface area contributed by atoms with Crippen molar-refractivity contribution in [3.05, 3.63) is 16.1 Å². The van der Waals surface area contributed by atoms with Gasteiger partial charge >= 0.3 is 0 Å². The van der Waals surface area contributed by atoms with E-state index in [9.17, 15) is 5.11 Å². The van der Waals surface area contributed by atoms with E-state index in [-0.39, 0.29) is 6.61 Å². The van der Waals surface area contributed by atoms with Gasteiger partial charge in [-0.05, 0) is 51.7 Å². The zero-order valence-electron chi connectivity index (χ0n) is 15.2. The summed E-state index contributed by atoms with van der Waals surface area (Å²) in [5.74, 6) is 1.20. The Bertz CT molecular complexity index is 461. The van der Waals surface area contributed by atoms with E-state index in [1.165, 1.54) is 51.9 Å². The molecule has 2 atom stereocenters. The van der Waals surface area contributed by atoms with Crippen LogP contribution in [0.3, 0.4) is 0 Å². The molecule has 24 heavy (non-hydrogen) atoms. The lowest BCUT2D eigenvalue weighted by Crippen LogP contribution is -2.34. The second kappa shape index (κ2) is 10.5. The molecule has 1 aromatic rings. The first kappa shape index (κ1) is 19.8. The largest absolute Gasteiger partial charge is 0.396 e. The molecule has 0 aliphatic carbocycles. The normalized spacial score (nSPS) is 26.0. The highest BCUT2D eigenvalue weighted by atomic mass is 32.1. The second-order valence-corrected chi connectivity index (χ2v) is 8.22. The number of likely N-dealkylation sites (tertiary alicyclic amines) is 2. The molecule has 6 heteroatoms. The van der Waals surface area contributed by atoms with E-state index < -0.39 is 0 Å². The third-order valence-corrected chi connectivity index (χ3v) is 5.84. The summed E-state index contributed by atoms with van der Waals surface area (Å²) >= 11 is 1.56. The van der Waals surface area contributed by atoms with Crippen LogP contribution in [0.1, 0.15) is 36.4 Å². The molecule has 3 heterocycles. The molecular formula is C18H33N3O2S. The van der Waals surface area contributed by atoms with Gasteiger partial charge in [0.15, 0.2) is 0 Å². The number of hydrogen-bond donors (Lipinski definition) is 2. The quantitative estimate of drug-likeness (QED) is 0.865. The van der Waals surface area contributed by atoms with Crippen LogP contribution in [0.25, 0.3) is 0 Å². The van der Waals surface area contributed by atoms with Gasteiger partial charge in [-0.2, -0.15) is 0 Å². The molecule has 2 aliphatic rings. The maximum Gasteiger partial charge on any atom is 0.0898 e. The van der Waals surface area contributed by atoms with Crippen molar-refractivity contribution in [2.24, 2.45) is 11.8 Å². The number of aliphatic hydroxyl groups excluding tert-OH is 2. The Kier molecular flexibility index (Phi) is 8.62. The monoisotopic (exact) mass is 355 g/mol. The molecule has 0 amide bonds. The average Bonchev–Trinajstić information content (AvgIpc) is 3.05. The van der Waals surface area contributed by atoms with E-state index in [1.807, 2.05) is 12.3 Å². The molecule has 0 spiro atoms. The number of rotatable bonds is 4. The van der Waals surface area contributed by atoms with E-state index in [1.54, 1.807) is 11.3 Å². The Labute approximate surface area is 150 Å². The number of aromatic nitrogens is 1. The minimum atomic E-state index is 0.0599. The molecule has 3 rings (SSSR count). The number of hydrogen-bond acceptors (Lipinski definition) is 6. The van der Waals surface area contributed by atoms with Crippen molar-refractivity contribution in [1.29, 1.82) is 0 Å². The van der Waals surface area contributed by atoms with Crippen molar-refractivity contribution < 1.29 is 10.2 Å². The van der Waals surface area contributed by atoms with Crippen molar-refractivity contribution in [2.75, 3.05) is 46.4 Å². The van der Waals surface area contributed by atoms with Gasteiger partial charge < -0.3 is 20.0 Å². The van der Waals surface area contributed by atoms with Crippen LogP contribution in [0.4, 0.5) is 0 Å². The SMILES string of the molecule is CN1C[C@H](CO)[C@H](CN2CCCCCC2)C1.Cc1nc(CO)cs1. The molecule has 0 bridgehead atoms. The Hall–Kier alpha value is -0.530. The fourth-order valence-electron chi connectivity index (χ4n) is 3.72. The molecule has 0 aromatic carbocycles. The lowest BCUT2D eigenvalue weighted by molar-refractivity contribution is 0.165. The van der Waals surface area contributed by atoms with Gasteiger partial charge in [0, 0.05) is 31.6 Å². The number of aliphatic hydroxyl groups is 2. The van der Waals surface area contributed by atoms with Crippen LogP contribution >= 0.6 is 11.3 Å². The molecule has 2 saturated heterocycles. The molecule has 5 nitrogen and oxygen atoms in total. The van der Waals surface area contributed by atoms with Crippen LogP contribution < -0.4 is 0 Å². The smallest absolute Gasteiger partial charge is 0.0898 e. The fraction of sp³-hybridized carbons (Fsp3) is 0.833. The van der Waals surface area contributed by atoms with Gasteiger partial charge in [-0.3, -0.25) is 0 Å². The second-order valence-electron chi connectivity index (χ2n) is 7.15. The lowest BCUT2D eigenvalue weighted by Gasteiger charge is -2.26. The van der Waals surface area contributed by atoms with E-state index >= 15 is 0 Å². The molecule has 0 radical (unpaired) electrons. The number of thiazole rings is 1. The Morgan fingerprint density at radius 1 is 1.12 bits per heavy atom. The summed E-state index contributed by atoms with van der Waals surface area (Å²) in [6, 6.07) is 0. The molecule has 0 saturated carbocycles. The van der Waals surface area contributed by atoms with Gasteiger partial charge in [-0.15, -0.1) is 11.3 Å². The summed E-state index contributed by atoms with van der Waals surface area (Å²) in [7, 11) is 2.17. The van der Waals surface area contributed by atoms with Gasteiger partial charge in [0.25, 0.3) is 0 Å². The summed E-state index contributed by atoms with van der Waals surface area (Å²) in [5, 5.41) is 20.8. The van der Waals surface area contributed by atoms with Crippen LogP contribution in [0.5, 0.6) is 0 Å².